The maximum atomic E-state index is 10.8. The number of aliphatic carboxylic acids is 2. The molecule has 0 heterocycles. The van der Waals surface area contributed by atoms with Gasteiger partial charge in [-0.05, 0) is 19.3 Å². The Morgan fingerprint density at radius 3 is 2.27 bits per heavy atom. The second-order valence-corrected chi connectivity index (χ2v) is 4.38. The molecule has 0 aliphatic heterocycles. The molecule has 0 aromatic rings. The summed E-state index contributed by atoms with van der Waals surface area (Å²) in [6, 6.07) is 0. The molecule has 0 aliphatic rings. The molecule has 2 N–H and O–H groups in total. The van der Waals surface area contributed by atoms with Crippen LogP contribution in [0.25, 0.3) is 0 Å². The number of carbonyl (C=O) groups is 2. The first-order valence-corrected chi connectivity index (χ1v) is 5.61. The molecule has 2 atom stereocenters. The largest absolute Gasteiger partial charge is 0.481 e. The first kappa shape index (κ1) is 14.3. The van der Waals surface area contributed by atoms with E-state index in [2.05, 4.69) is 12.6 Å². The van der Waals surface area contributed by atoms with Crippen LogP contribution < -0.4 is 0 Å². The van der Waals surface area contributed by atoms with Crippen LogP contribution in [0.5, 0.6) is 0 Å². The van der Waals surface area contributed by atoms with Gasteiger partial charge in [-0.25, -0.2) is 0 Å². The lowest BCUT2D eigenvalue weighted by Gasteiger charge is -2.15. The van der Waals surface area contributed by atoms with E-state index in [9.17, 15) is 9.59 Å². The Morgan fingerprint density at radius 2 is 1.87 bits per heavy atom. The Morgan fingerprint density at radius 1 is 1.27 bits per heavy atom. The molecule has 0 spiro atoms. The van der Waals surface area contributed by atoms with Crippen molar-refractivity contribution >= 4 is 24.6 Å². The summed E-state index contributed by atoms with van der Waals surface area (Å²) < 4.78 is 0. The highest BCUT2D eigenvalue weighted by Gasteiger charge is 2.21. The molecular weight excluding hydrogens is 216 g/mol. The molecule has 0 aliphatic carbocycles. The van der Waals surface area contributed by atoms with Gasteiger partial charge in [-0.3, -0.25) is 9.59 Å². The number of carboxylic acid groups (broad SMARTS) is 2. The molecule has 0 aromatic carbocycles. The number of thiol groups is 1. The Bertz CT molecular complexity index is 217. The molecule has 0 aromatic heterocycles. The van der Waals surface area contributed by atoms with Crippen LogP contribution >= 0.6 is 12.6 Å². The minimum Gasteiger partial charge on any atom is -0.481 e. The third kappa shape index (κ3) is 7.25. The molecule has 15 heavy (non-hydrogen) atoms. The Labute approximate surface area is 95.1 Å². The van der Waals surface area contributed by atoms with Crippen LogP contribution in [0.1, 0.15) is 39.0 Å². The number of rotatable bonds is 8. The third-order valence-electron chi connectivity index (χ3n) is 2.23. The van der Waals surface area contributed by atoms with Gasteiger partial charge in [-0.1, -0.05) is 13.3 Å². The van der Waals surface area contributed by atoms with Crippen molar-refractivity contribution in [3.8, 4) is 0 Å². The van der Waals surface area contributed by atoms with E-state index in [4.69, 9.17) is 10.2 Å². The van der Waals surface area contributed by atoms with Crippen LogP contribution in [0, 0.1) is 5.92 Å². The van der Waals surface area contributed by atoms with Gasteiger partial charge in [0.05, 0.1) is 5.92 Å². The molecule has 0 saturated carbocycles. The molecule has 2 unspecified atom stereocenters. The summed E-state index contributed by atoms with van der Waals surface area (Å²) in [5, 5.41) is 17.4. The van der Waals surface area contributed by atoms with Gasteiger partial charge >= 0.3 is 11.9 Å². The summed E-state index contributed by atoms with van der Waals surface area (Å²) >= 11 is 4.28. The maximum Gasteiger partial charge on any atom is 0.306 e. The van der Waals surface area contributed by atoms with E-state index in [0.29, 0.717) is 6.42 Å². The Kier molecular flexibility index (Phi) is 7.21. The quantitative estimate of drug-likeness (QED) is 0.562. The predicted molar refractivity (Wildman–Crippen MR) is 60.3 cm³/mol. The van der Waals surface area contributed by atoms with Gasteiger partial charge in [-0.2, -0.15) is 12.6 Å². The van der Waals surface area contributed by atoms with Gasteiger partial charge in [0.2, 0.25) is 0 Å². The molecule has 0 radical (unpaired) electrons. The van der Waals surface area contributed by atoms with Crippen LogP contribution in [0.4, 0.5) is 0 Å². The monoisotopic (exact) mass is 234 g/mol. The molecule has 0 rings (SSSR count). The van der Waals surface area contributed by atoms with Crippen LogP contribution in [0.2, 0.25) is 0 Å². The topological polar surface area (TPSA) is 74.6 Å². The summed E-state index contributed by atoms with van der Waals surface area (Å²) in [5.74, 6) is -2.46. The zero-order valence-corrected chi connectivity index (χ0v) is 9.74. The summed E-state index contributed by atoms with van der Waals surface area (Å²) in [4.78, 5) is 21.2. The van der Waals surface area contributed by atoms with Gasteiger partial charge in [0, 0.05) is 11.7 Å². The van der Waals surface area contributed by atoms with E-state index in [0.717, 1.165) is 12.8 Å². The van der Waals surface area contributed by atoms with Crippen molar-refractivity contribution in [2.24, 2.45) is 5.92 Å². The highest BCUT2D eigenvalue weighted by atomic mass is 32.1. The van der Waals surface area contributed by atoms with E-state index in [1.165, 1.54) is 0 Å². The van der Waals surface area contributed by atoms with Crippen molar-refractivity contribution in [3.05, 3.63) is 0 Å². The fourth-order valence-electron chi connectivity index (χ4n) is 1.42. The fourth-order valence-corrected chi connectivity index (χ4v) is 1.93. The van der Waals surface area contributed by atoms with E-state index in [1.807, 2.05) is 6.92 Å². The zero-order valence-electron chi connectivity index (χ0n) is 8.85. The number of carboxylic acids is 2. The van der Waals surface area contributed by atoms with Crippen LogP contribution in [0.15, 0.2) is 0 Å². The van der Waals surface area contributed by atoms with Gasteiger partial charge in [0.25, 0.3) is 0 Å². The molecule has 5 heteroatoms. The first-order valence-electron chi connectivity index (χ1n) is 5.10. The Hall–Kier alpha value is -0.710. The summed E-state index contributed by atoms with van der Waals surface area (Å²) in [7, 11) is 0. The maximum absolute atomic E-state index is 10.8. The summed E-state index contributed by atoms with van der Waals surface area (Å²) in [6.45, 7) is 2.01. The highest BCUT2D eigenvalue weighted by molar-refractivity contribution is 7.80. The second-order valence-electron chi connectivity index (χ2n) is 3.65. The van der Waals surface area contributed by atoms with E-state index < -0.39 is 17.9 Å². The van der Waals surface area contributed by atoms with Crippen LogP contribution in [-0.4, -0.2) is 27.4 Å². The van der Waals surface area contributed by atoms with Crippen LogP contribution in [0.3, 0.4) is 0 Å². The molecule has 4 nitrogen and oxygen atoms in total. The van der Waals surface area contributed by atoms with Gasteiger partial charge in [0.15, 0.2) is 0 Å². The molecular formula is C10H18O4S. The average molecular weight is 234 g/mol. The minimum atomic E-state index is -0.951. The normalized spacial score (nSPS) is 14.5. The van der Waals surface area contributed by atoms with Crippen molar-refractivity contribution in [3.63, 3.8) is 0 Å². The predicted octanol–water partition coefficient (Wildman–Crippen LogP) is 2.04. The van der Waals surface area contributed by atoms with E-state index >= 15 is 0 Å². The number of hydrogen-bond donors (Lipinski definition) is 3. The van der Waals surface area contributed by atoms with E-state index in [-0.39, 0.29) is 18.1 Å². The molecule has 88 valence electrons. The smallest absolute Gasteiger partial charge is 0.306 e. The second kappa shape index (κ2) is 7.56. The lowest BCUT2D eigenvalue weighted by Crippen LogP contribution is -2.19. The SMILES string of the molecule is CCCC(S)CC(CCC(=O)O)C(=O)O. The van der Waals surface area contributed by atoms with Gasteiger partial charge in [-0.15, -0.1) is 0 Å². The summed E-state index contributed by atoms with van der Waals surface area (Å²) in [6.07, 6.45) is 2.36. The first-order chi connectivity index (χ1) is 6.97. The molecule has 0 fully saturated rings. The summed E-state index contributed by atoms with van der Waals surface area (Å²) in [5.41, 5.74) is 0. The van der Waals surface area contributed by atoms with Crippen molar-refractivity contribution in [1.29, 1.82) is 0 Å². The minimum absolute atomic E-state index is 0.0462. The van der Waals surface area contributed by atoms with Gasteiger partial charge in [0.1, 0.15) is 0 Å². The average Bonchev–Trinajstić information content (AvgIpc) is 2.11. The van der Waals surface area contributed by atoms with Crippen molar-refractivity contribution in [2.45, 2.75) is 44.3 Å². The van der Waals surface area contributed by atoms with Crippen molar-refractivity contribution < 1.29 is 19.8 Å². The van der Waals surface area contributed by atoms with Gasteiger partial charge < -0.3 is 10.2 Å². The van der Waals surface area contributed by atoms with Crippen molar-refractivity contribution in [2.75, 3.05) is 0 Å². The Balaban J connectivity index is 4.04. The number of hydrogen-bond acceptors (Lipinski definition) is 3. The lowest BCUT2D eigenvalue weighted by atomic mass is 9.96. The van der Waals surface area contributed by atoms with Crippen LogP contribution in [-0.2, 0) is 9.59 Å². The van der Waals surface area contributed by atoms with Crippen molar-refractivity contribution in [1.82, 2.24) is 0 Å². The standard InChI is InChI=1S/C10H18O4S/c1-2-3-8(15)6-7(10(13)14)4-5-9(11)12/h7-8,15H,2-6H2,1H3,(H,11,12)(H,13,14). The van der Waals surface area contributed by atoms with E-state index in [1.54, 1.807) is 0 Å². The fraction of sp³-hybridized carbons (Fsp3) is 0.800. The molecule has 0 amide bonds. The molecule has 0 saturated heterocycles. The molecule has 0 bridgehead atoms. The highest BCUT2D eigenvalue weighted by Crippen LogP contribution is 2.20. The zero-order chi connectivity index (χ0) is 11.8. The third-order valence-corrected chi connectivity index (χ3v) is 2.70. The lowest BCUT2D eigenvalue weighted by molar-refractivity contribution is -0.143.